The van der Waals surface area contributed by atoms with E-state index in [2.05, 4.69) is 26.1 Å². The number of hydrogen-bond acceptors (Lipinski definition) is 5. The van der Waals surface area contributed by atoms with Crippen LogP contribution in [0.4, 0.5) is 10.5 Å². The van der Waals surface area contributed by atoms with Gasteiger partial charge in [0.15, 0.2) is 0 Å². The number of anilines is 1. The van der Waals surface area contributed by atoms with Crippen molar-refractivity contribution in [2.75, 3.05) is 5.32 Å². The lowest BCUT2D eigenvalue weighted by Gasteiger charge is -2.16. The predicted octanol–water partition coefficient (Wildman–Crippen LogP) is 2.27. The standard InChI is InChI=1S/C18H20N4O3S/c1-11-16(9-19-10-20-11)26(24,25)22-18(23)21-17-14-6-2-4-12(14)8-13-5-3-7-15(13)17/h8-10H,2-7H2,1H3,(H2,21,22,23). The molecule has 2 N–H and O–H groups in total. The number of carbonyl (C=O) groups excluding carboxylic acids is 1. The van der Waals surface area contributed by atoms with Crippen molar-refractivity contribution < 1.29 is 13.2 Å². The fourth-order valence-corrected chi connectivity index (χ4v) is 4.97. The maximum atomic E-state index is 12.5. The molecule has 2 aliphatic rings. The van der Waals surface area contributed by atoms with Gasteiger partial charge in [-0.25, -0.2) is 27.9 Å². The summed E-state index contributed by atoms with van der Waals surface area (Å²) in [5, 5.41) is 2.82. The number of carbonyl (C=O) groups is 1. The largest absolute Gasteiger partial charge is 0.333 e. The molecule has 0 saturated heterocycles. The van der Waals surface area contributed by atoms with Gasteiger partial charge in [0.05, 0.1) is 11.9 Å². The number of benzene rings is 1. The van der Waals surface area contributed by atoms with Gasteiger partial charge >= 0.3 is 6.03 Å². The Balaban J connectivity index is 1.61. The second-order valence-electron chi connectivity index (χ2n) is 6.77. The number of rotatable bonds is 3. The summed E-state index contributed by atoms with van der Waals surface area (Å²) in [6.45, 7) is 1.56. The molecule has 0 atom stereocenters. The molecule has 2 aromatic rings. The Kier molecular flexibility index (Phi) is 4.14. The number of hydrogen-bond donors (Lipinski definition) is 2. The third kappa shape index (κ3) is 2.94. The minimum absolute atomic E-state index is 0.0985. The number of aromatic nitrogens is 2. The highest BCUT2D eigenvalue weighted by Crippen LogP contribution is 2.38. The van der Waals surface area contributed by atoms with Crippen molar-refractivity contribution in [1.29, 1.82) is 0 Å². The fraction of sp³-hybridized carbons (Fsp3) is 0.389. The van der Waals surface area contributed by atoms with Gasteiger partial charge in [0.1, 0.15) is 11.2 Å². The van der Waals surface area contributed by atoms with E-state index >= 15 is 0 Å². The number of nitrogens with one attached hydrogen (secondary N) is 2. The molecule has 136 valence electrons. The molecule has 1 aromatic heterocycles. The summed E-state index contributed by atoms with van der Waals surface area (Å²) in [6, 6.07) is 1.51. The highest BCUT2D eigenvalue weighted by molar-refractivity contribution is 7.90. The minimum Gasteiger partial charge on any atom is -0.307 e. The maximum absolute atomic E-state index is 12.5. The number of sulfonamides is 1. The van der Waals surface area contributed by atoms with E-state index in [0.717, 1.165) is 55.3 Å². The first-order chi connectivity index (χ1) is 12.5. The first kappa shape index (κ1) is 17.0. The monoisotopic (exact) mass is 372 g/mol. The lowest BCUT2D eigenvalue weighted by Crippen LogP contribution is -2.35. The van der Waals surface area contributed by atoms with Crippen LogP contribution in [0.25, 0.3) is 0 Å². The van der Waals surface area contributed by atoms with Crippen molar-refractivity contribution in [1.82, 2.24) is 14.7 Å². The van der Waals surface area contributed by atoms with E-state index in [1.807, 2.05) is 0 Å². The van der Waals surface area contributed by atoms with Gasteiger partial charge < -0.3 is 5.32 Å². The van der Waals surface area contributed by atoms with Crippen LogP contribution in [-0.2, 0) is 35.7 Å². The highest BCUT2D eigenvalue weighted by Gasteiger charge is 2.27. The average molecular weight is 372 g/mol. The Bertz CT molecular complexity index is 969. The minimum atomic E-state index is -4.03. The summed E-state index contributed by atoms with van der Waals surface area (Å²) in [6.07, 6.45) is 8.43. The Morgan fingerprint density at radius 1 is 1.08 bits per heavy atom. The fourth-order valence-electron chi connectivity index (χ4n) is 3.93. The Hall–Kier alpha value is -2.48. The zero-order chi connectivity index (χ0) is 18.3. The van der Waals surface area contributed by atoms with Crippen LogP contribution in [0.15, 0.2) is 23.5 Å². The van der Waals surface area contributed by atoms with Crippen molar-refractivity contribution in [3.8, 4) is 0 Å². The number of nitrogens with zero attached hydrogens (tertiary/aromatic N) is 2. The smallest absolute Gasteiger partial charge is 0.307 e. The summed E-state index contributed by atoms with van der Waals surface area (Å²) in [5.41, 5.74) is 5.95. The SMILES string of the molecule is Cc1ncncc1S(=O)(=O)NC(=O)Nc1c2c(cc3c1CCC3)CCC2. The van der Waals surface area contributed by atoms with Crippen molar-refractivity contribution >= 4 is 21.7 Å². The third-order valence-electron chi connectivity index (χ3n) is 5.09. The molecule has 0 unspecified atom stereocenters. The third-order valence-corrected chi connectivity index (χ3v) is 6.53. The van der Waals surface area contributed by atoms with Crippen LogP contribution in [0, 0.1) is 6.92 Å². The molecule has 0 aliphatic heterocycles. The van der Waals surface area contributed by atoms with Crippen LogP contribution in [0.1, 0.15) is 40.8 Å². The molecule has 0 fully saturated rings. The van der Waals surface area contributed by atoms with Crippen LogP contribution in [0.2, 0.25) is 0 Å². The van der Waals surface area contributed by atoms with Crippen molar-refractivity contribution in [2.45, 2.75) is 50.3 Å². The van der Waals surface area contributed by atoms with Gasteiger partial charge in [-0.3, -0.25) is 0 Å². The quantitative estimate of drug-likeness (QED) is 0.861. The molecule has 2 aliphatic carbocycles. The van der Waals surface area contributed by atoms with Gasteiger partial charge in [-0.1, -0.05) is 6.07 Å². The van der Waals surface area contributed by atoms with Crippen molar-refractivity contribution in [3.05, 3.63) is 46.5 Å². The Morgan fingerprint density at radius 2 is 1.73 bits per heavy atom. The van der Waals surface area contributed by atoms with Crippen molar-refractivity contribution in [2.24, 2.45) is 0 Å². The summed E-state index contributed by atoms with van der Waals surface area (Å²) in [7, 11) is -4.03. The lowest BCUT2D eigenvalue weighted by molar-refractivity contribution is 0.256. The number of amides is 2. The van der Waals surface area contributed by atoms with Crippen LogP contribution in [-0.4, -0.2) is 24.4 Å². The van der Waals surface area contributed by atoms with Gasteiger partial charge in [0.25, 0.3) is 10.0 Å². The summed E-state index contributed by atoms with van der Waals surface area (Å²) < 4.78 is 27.0. The molecule has 2 amide bonds. The molecular weight excluding hydrogens is 352 g/mol. The predicted molar refractivity (Wildman–Crippen MR) is 96.6 cm³/mol. The maximum Gasteiger partial charge on any atom is 0.333 e. The van der Waals surface area contributed by atoms with Crippen molar-refractivity contribution in [3.63, 3.8) is 0 Å². The second kappa shape index (κ2) is 6.35. The zero-order valence-corrected chi connectivity index (χ0v) is 15.3. The molecule has 1 aromatic carbocycles. The van der Waals surface area contributed by atoms with E-state index in [0.29, 0.717) is 5.69 Å². The van der Waals surface area contributed by atoms with Gasteiger partial charge in [0, 0.05) is 5.69 Å². The number of urea groups is 1. The lowest BCUT2D eigenvalue weighted by atomic mass is 9.99. The summed E-state index contributed by atoms with van der Waals surface area (Å²) in [5.74, 6) is 0. The molecule has 0 spiro atoms. The zero-order valence-electron chi connectivity index (χ0n) is 14.5. The second-order valence-corrected chi connectivity index (χ2v) is 8.42. The normalized spacial score (nSPS) is 15.4. The average Bonchev–Trinajstić information content (AvgIpc) is 3.23. The molecule has 0 bridgehead atoms. The molecule has 8 heteroatoms. The van der Waals surface area contributed by atoms with Gasteiger partial charge in [-0.15, -0.1) is 0 Å². The Labute approximate surface area is 152 Å². The first-order valence-corrected chi connectivity index (χ1v) is 10.2. The van der Waals surface area contributed by atoms with Crippen LogP contribution >= 0.6 is 0 Å². The molecule has 0 saturated carbocycles. The molecule has 0 radical (unpaired) electrons. The van der Waals surface area contributed by atoms with Crippen LogP contribution in [0.5, 0.6) is 0 Å². The number of fused-ring (bicyclic) bond motifs is 2. The summed E-state index contributed by atoms with van der Waals surface area (Å²) >= 11 is 0. The molecule has 7 nitrogen and oxygen atoms in total. The van der Waals surface area contributed by atoms with E-state index in [9.17, 15) is 13.2 Å². The molecule has 1 heterocycles. The molecular formula is C18H20N4O3S. The van der Waals surface area contributed by atoms with E-state index in [4.69, 9.17) is 0 Å². The number of aryl methyl sites for hydroxylation is 3. The van der Waals surface area contributed by atoms with Gasteiger partial charge in [0.2, 0.25) is 0 Å². The van der Waals surface area contributed by atoms with Gasteiger partial charge in [-0.2, -0.15) is 0 Å². The molecule has 26 heavy (non-hydrogen) atoms. The van der Waals surface area contributed by atoms with E-state index in [1.165, 1.54) is 23.7 Å². The topological polar surface area (TPSA) is 101 Å². The molecule has 4 rings (SSSR count). The Morgan fingerprint density at radius 3 is 2.35 bits per heavy atom. The highest BCUT2D eigenvalue weighted by atomic mass is 32.2. The summed E-state index contributed by atoms with van der Waals surface area (Å²) in [4.78, 5) is 20.0. The van der Waals surface area contributed by atoms with Crippen LogP contribution < -0.4 is 10.0 Å². The first-order valence-electron chi connectivity index (χ1n) is 8.72. The van der Waals surface area contributed by atoms with E-state index in [1.54, 1.807) is 6.92 Å². The van der Waals surface area contributed by atoms with Crippen LogP contribution in [0.3, 0.4) is 0 Å². The van der Waals surface area contributed by atoms with E-state index < -0.39 is 16.1 Å². The van der Waals surface area contributed by atoms with E-state index in [-0.39, 0.29) is 4.90 Å². The van der Waals surface area contributed by atoms with Gasteiger partial charge in [-0.05, 0) is 67.7 Å².